The number of piperidine rings is 1. The number of aromatic nitrogens is 2. The summed E-state index contributed by atoms with van der Waals surface area (Å²) in [6, 6.07) is 9.97. The molecule has 1 amide bonds. The quantitative estimate of drug-likeness (QED) is 0.474. The normalized spacial score (nSPS) is 17.2. The molecule has 1 fully saturated rings. The van der Waals surface area contributed by atoms with Crippen LogP contribution < -0.4 is 5.56 Å². The highest BCUT2D eigenvalue weighted by Crippen LogP contribution is 2.25. The number of benzene rings is 1. The zero-order valence-corrected chi connectivity index (χ0v) is 17.7. The van der Waals surface area contributed by atoms with Gasteiger partial charge < -0.3 is 4.90 Å². The number of hydrogen-bond donors (Lipinski definition) is 0. The van der Waals surface area contributed by atoms with E-state index in [1.54, 1.807) is 4.57 Å². The molecule has 1 saturated heterocycles. The molecule has 1 aliphatic rings. The lowest BCUT2D eigenvalue weighted by Gasteiger charge is -2.33. The Hall–Kier alpha value is -2.12. The fraction of sp³-hybridized carbons (Fsp3) is 0.381. The van der Waals surface area contributed by atoms with Gasteiger partial charge in [0.2, 0.25) is 5.91 Å². The summed E-state index contributed by atoms with van der Waals surface area (Å²) in [5.74, 6) is 0.408. The summed E-state index contributed by atoms with van der Waals surface area (Å²) in [6.45, 7) is 4.93. The molecule has 3 aromatic rings. The number of nitrogens with zero attached hydrogens (tertiary/aromatic N) is 3. The monoisotopic (exact) mass is 413 g/mol. The summed E-state index contributed by atoms with van der Waals surface area (Å²) in [7, 11) is 0. The van der Waals surface area contributed by atoms with Crippen LogP contribution in [0.1, 0.15) is 31.7 Å². The SMILES string of the molecule is Cc1cccc(-n2c(SCC(=O)N3CCCCC3C)nc3ccsc3c2=O)c1. The number of thioether (sulfide) groups is 1. The molecule has 28 heavy (non-hydrogen) atoms. The molecule has 7 heteroatoms. The lowest BCUT2D eigenvalue weighted by molar-refractivity contribution is -0.131. The molecule has 0 N–H and O–H groups in total. The van der Waals surface area contributed by atoms with Crippen molar-refractivity contribution in [3.8, 4) is 5.69 Å². The van der Waals surface area contributed by atoms with E-state index in [4.69, 9.17) is 4.98 Å². The number of aryl methyl sites for hydroxylation is 1. The van der Waals surface area contributed by atoms with Gasteiger partial charge in [-0.1, -0.05) is 23.9 Å². The summed E-state index contributed by atoms with van der Waals surface area (Å²) in [5, 5.41) is 2.45. The van der Waals surface area contributed by atoms with Gasteiger partial charge >= 0.3 is 0 Å². The lowest BCUT2D eigenvalue weighted by atomic mass is 10.0. The number of amides is 1. The van der Waals surface area contributed by atoms with Crippen LogP contribution in [0, 0.1) is 6.92 Å². The molecular weight excluding hydrogens is 390 g/mol. The van der Waals surface area contributed by atoms with Crippen molar-refractivity contribution in [2.24, 2.45) is 0 Å². The first-order chi connectivity index (χ1) is 13.5. The van der Waals surface area contributed by atoms with Crippen molar-refractivity contribution in [3.05, 3.63) is 51.6 Å². The van der Waals surface area contributed by atoms with Crippen molar-refractivity contribution in [1.29, 1.82) is 0 Å². The highest BCUT2D eigenvalue weighted by Gasteiger charge is 2.24. The van der Waals surface area contributed by atoms with E-state index in [1.807, 2.05) is 47.5 Å². The van der Waals surface area contributed by atoms with Gasteiger partial charge in [-0.3, -0.25) is 14.2 Å². The van der Waals surface area contributed by atoms with Crippen LogP contribution in [0.4, 0.5) is 0 Å². The Bertz CT molecular complexity index is 1070. The first-order valence-electron chi connectivity index (χ1n) is 9.54. The number of carbonyl (C=O) groups is 1. The number of thiophene rings is 1. The predicted molar refractivity (Wildman–Crippen MR) is 116 cm³/mol. The highest BCUT2D eigenvalue weighted by molar-refractivity contribution is 7.99. The standard InChI is InChI=1S/C21H23N3O2S2/c1-14-6-5-8-16(12-14)24-20(26)19-17(9-11-27-19)22-21(24)28-13-18(25)23-10-4-3-7-15(23)2/h5-6,8-9,11-12,15H,3-4,7,10,13H2,1-2H3. The van der Waals surface area contributed by atoms with Crippen molar-refractivity contribution in [1.82, 2.24) is 14.5 Å². The maximum atomic E-state index is 13.1. The number of rotatable bonds is 4. The average Bonchev–Trinajstić information content (AvgIpc) is 3.15. The van der Waals surface area contributed by atoms with Gasteiger partial charge in [0, 0.05) is 12.6 Å². The highest BCUT2D eigenvalue weighted by atomic mass is 32.2. The van der Waals surface area contributed by atoms with Crippen LogP contribution in [0.3, 0.4) is 0 Å². The maximum Gasteiger partial charge on any atom is 0.276 e. The van der Waals surface area contributed by atoms with Crippen molar-refractivity contribution in [2.45, 2.75) is 44.3 Å². The van der Waals surface area contributed by atoms with Crippen molar-refractivity contribution in [2.75, 3.05) is 12.3 Å². The second-order valence-electron chi connectivity index (χ2n) is 7.23. The third-order valence-electron chi connectivity index (χ3n) is 5.16. The van der Waals surface area contributed by atoms with Gasteiger partial charge in [0.15, 0.2) is 5.16 Å². The van der Waals surface area contributed by atoms with Crippen LogP contribution in [0.5, 0.6) is 0 Å². The van der Waals surface area contributed by atoms with Gasteiger partial charge in [0.1, 0.15) is 4.70 Å². The third kappa shape index (κ3) is 3.73. The average molecular weight is 414 g/mol. The van der Waals surface area contributed by atoms with E-state index in [-0.39, 0.29) is 23.3 Å². The Kier molecular flexibility index (Phi) is 5.55. The van der Waals surface area contributed by atoms with Gasteiger partial charge in [-0.05, 0) is 62.3 Å². The molecule has 2 aromatic heterocycles. The summed E-state index contributed by atoms with van der Waals surface area (Å²) < 4.78 is 2.28. The molecule has 0 bridgehead atoms. The molecular formula is C21H23N3O2S2. The summed E-state index contributed by atoms with van der Waals surface area (Å²) >= 11 is 2.75. The number of carbonyl (C=O) groups excluding carboxylic acids is 1. The van der Waals surface area contributed by atoms with Crippen LogP contribution in [0.2, 0.25) is 0 Å². The Labute approximate surface area is 172 Å². The van der Waals surface area contributed by atoms with Crippen LogP contribution in [-0.2, 0) is 4.79 Å². The second-order valence-corrected chi connectivity index (χ2v) is 9.09. The number of hydrogen-bond acceptors (Lipinski definition) is 5. The van der Waals surface area contributed by atoms with Crippen molar-refractivity contribution < 1.29 is 4.79 Å². The number of likely N-dealkylation sites (tertiary alicyclic amines) is 1. The minimum absolute atomic E-state index is 0.0770. The molecule has 3 heterocycles. The Morgan fingerprint density at radius 1 is 1.32 bits per heavy atom. The van der Waals surface area contributed by atoms with Crippen LogP contribution in [0.15, 0.2) is 45.7 Å². The van der Waals surface area contributed by atoms with E-state index in [0.717, 1.165) is 30.6 Å². The molecule has 0 aliphatic carbocycles. The predicted octanol–water partition coefficient (Wildman–Crippen LogP) is 4.25. The zero-order chi connectivity index (χ0) is 19.7. The molecule has 5 nitrogen and oxygen atoms in total. The Morgan fingerprint density at radius 3 is 2.96 bits per heavy atom. The first kappa shape index (κ1) is 19.2. The molecule has 146 valence electrons. The molecule has 1 atom stereocenters. The summed E-state index contributed by atoms with van der Waals surface area (Å²) in [4.78, 5) is 32.6. The summed E-state index contributed by atoms with van der Waals surface area (Å²) in [5.41, 5.74) is 2.48. The molecule has 4 rings (SSSR count). The second kappa shape index (κ2) is 8.09. The van der Waals surface area contributed by atoms with E-state index in [2.05, 4.69) is 6.92 Å². The van der Waals surface area contributed by atoms with E-state index >= 15 is 0 Å². The minimum Gasteiger partial charge on any atom is -0.339 e. The Balaban J connectivity index is 1.68. The largest absolute Gasteiger partial charge is 0.339 e. The minimum atomic E-state index is -0.0770. The smallest absolute Gasteiger partial charge is 0.276 e. The third-order valence-corrected chi connectivity index (χ3v) is 6.97. The molecule has 0 spiro atoms. The van der Waals surface area contributed by atoms with Crippen molar-refractivity contribution >= 4 is 39.2 Å². The van der Waals surface area contributed by atoms with E-state index in [1.165, 1.54) is 29.5 Å². The Morgan fingerprint density at radius 2 is 2.18 bits per heavy atom. The molecule has 0 radical (unpaired) electrons. The zero-order valence-electron chi connectivity index (χ0n) is 16.1. The van der Waals surface area contributed by atoms with Gasteiger partial charge in [-0.25, -0.2) is 4.98 Å². The van der Waals surface area contributed by atoms with Gasteiger partial charge in [-0.15, -0.1) is 11.3 Å². The van der Waals surface area contributed by atoms with Crippen LogP contribution in [-0.4, -0.2) is 38.7 Å². The van der Waals surface area contributed by atoms with E-state index in [9.17, 15) is 9.59 Å². The summed E-state index contributed by atoms with van der Waals surface area (Å²) in [6.07, 6.45) is 3.30. The first-order valence-corrected chi connectivity index (χ1v) is 11.4. The molecule has 1 aromatic carbocycles. The van der Waals surface area contributed by atoms with Crippen LogP contribution in [0.25, 0.3) is 15.9 Å². The topological polar surface area (TPSA) is 55.2 Å². The molecule has 0 saturated carbocycles. The molecule has 1 aliphatic heterocycles. The number of fused-ring (bicyclic) bond motifs is 1. The van der Waals surface area contributed by atoms with Crippen LogP contribution >= 0.6 is 23.1 Å². The van der Waals surface area contributed by atoms with Crippen molar-refractivity contribution in [3.63, 3.8) is 0 Å². The van der Waals surface area contributed by atoms with E-state index in [0.29, 0.717) is 15.4 Å². The van der Waals surface area contributed by atoms with Gasteiger partial charge in [0.05, 0.1) is 17.0 Å². The lowest BCUT2D eigenvalue weighted by Crippen LogP contribution is -2.43. The van der Waals surface area contributed by atoms with Gasteiger partial charge in [-0.2, -0.15) is 0 Å². The fourth-order valence-electron chi connectivity index (χ4n) is 3.66. The fourth-order valence-corrected chi connectivity index (χ4v) is 5.32. The van der Waals surface area contributed by atoms with Gasteiger partial charge in [0.25, 0.3) is 5.56 Å². The molecule has 1 unspecified atom stereocenters. The maximum absolute atomic E-state index is 13.1. The van der Waals surface area contributed by atoms with E-state index < -0.39 is 0 Å².